The molecule has 2 rings (SSSR count). The molecule has 2 amide bonds. The van der Waals surface area contributed by atoms with Crippen LogP contribution in [0.2, 0.25) is 0 Å². The van der Waals surface area contributed by atoms with Crippen LogP contribution in [0.5, 0.6) is 5.75 Å². The molecule has 0 aliphatic rings. The van der Waals surface area contributed by atoms with Crippen molar-refractivity contribution in [2.45, 2.75) is 6.92 Å². The van der Waals surface area contributed by atoms with E-state index in [1.807, 2.05) is 0 Å². The van der Waals surface area contributed by atoms with E-state index < -0.39 is 29.3 Å². The zero-order valence-corrected chi connectivity index (χ0v) is 16.2. The maximum absolute atomic E-state index is 12.3. The molecule has 0 radical (unpaired) electrons. The first kappa shape index (κ1) is 22.1. The van der Waals surface area contributed by atoms with Gasteiger partial charge in [0, 0.05) is 13.0 Å². The average Bonchev–Trinajstić information content (AvgIpc) is 2.72. The molecule has 30 heavy (non-hydrogen) atoms. The molecule has 0 bridgehead atoms. The van der Waals surface area contributed by atoms with Crippen LogP contribution in [0.1, 0.15) is 12.5 Å². The third-order valence-electron chi connectivity index (χ3n) is 3.65. The minimum Gasteiger partial charge on any atom is -0.494 e. The third-order valence-corrected chi connectivity index (χ3v) is 3.65. The van der Waals surface area contributed by atoms with Gasteiger partial charge in [-0.1, -0.05) is 30.3 Å². The zero-order valence-electron chi connectivity index (χ0n) is 16.2. The van der Waals surface area contributed by atoms with Gasteiger partial charge in [-0.15, -0.1) is 0 Å². The van der Waals surface area contributed by atoms with E-state index in [2.05, 4.69) is 10.6 Å². The van der Waals surface area contributed by atoms with E-state index in [0.29, 0.717) is 5.56 Å². The normalized spacial score (nSPS) is 10.7. The largest absolute Gasteiger partial charge is 0.494 e. The Balaban J connectivity index is 2.05. The first-order chi connectivity index (χ1) is 14.3. The summed E-state index contributed by atoms with van der Waals surface area (Å²) in [5, 5.41) is 15.6. The van der Waals surface area contributed by atoms with E-state index in [0.717, 1.165) is 6.07 Å². The van der Waals surface area contributed by atoms with Crippen LogP contribution in [-0.2, 0) is 19.1 Å². The lowest BCUT2D eigenvalue weighted by molar-refractivity contribution is -0.384. The molecule has 0 atom stereocenters. The number of nitrogens with zero attached hydrogens (tertiary/aromatic N) is 1. The van der Waals surface area contributed by atoms with Gasteiger partial charge < -0.3 is 20.1 Å². The van der Waals surface area contributed by atoms with Crippen molar-refractivity contribution < 1.29 is 28.8 Å². The second-order valence-electron chi connectivity index (χ2n) is 5.92. The van der Waals surface area contributed by atoms with E-state index in [-0.39, 0.29) is 22.8 Å². The Morgan fingerprint density at radius 1 is 1.13 bits per heavy atom. The SMILES string of the molecule is COc1cc([N+](=O)[O-])ccc1NC(=O)COC(=O)C(=Cc1ccccc1)NC(C)=O. The lowest BCUT2D eigenvalue weighted by atomic mass is 10.2. The number of ether oxygens (including phenoxy) is 2. The molecule has 0 saturated heterocycles. The van der Waals surface area contributed by atoms with Gasteiger partial charge in [0.05, 0.1) is 23.8 Å². The van der Waals surface area contributed by atoms with Crippen LogP contribution in [0.3, 0.4) is 0 Å². The van der Waals surface area contributed by atoms with Crippen molar-refractivity contribution in [3.05, 3.63) is 69.9 Å². The van der Waals surface area contributed by atoms with Crippen LogP contribution < -0.4 is 15.4 Å². The van der Waals surface area contributed by atoms with Gasteiger partial charge in [0.15, 0.2) is 6.61 Å². The molecule has 0 aromatic heterocycles. The van der Waals surface area contributed by atoms with Crippen LogP contribution in [0.25, 0.3) is 6.08 Å². The molecule has 0 spiro atoms. The third kappa shape index (κ3) is 6.44. The summed E-state index contributed by atoms with van der Waals surface area (Å²) < 4.78 is 9.99. The molecule has 2 aromatic rings. The second kappa shape index (κ2) is 10.4. The summed E-state index contributed by atoms with van der Waals surface area (Å²) in [6.45, 7) is 0.588. The van der Waals surface area contributed by atoms with Crippen molar-refractivity contribution >= 4 is 35.2 Å². The predicted octanol–water partition coefficient (Wildman–Crippen LogP) is 2.26. The number of methoxy groups -OCH3 is 1. The Labute approximate surface area is 171 Å². The lowest BCUT2D eigenvalue weighted by Gasteiger charge is -2.11. The summed E-state index contributed by atoms with van der Waals surface area (Å²) in [5.74, 6) is -2.00. The molecule has 0 fully saturated rings. The number of non-ortho nitro benzene ring substituents is 1. The second-order valence-corrected chi connectivity index (χ2v) is 5.92. The van der Waals surface area contributed by atoms with E-state index in [9.17, 15) is 24.5 Å². The molecule has 0 unspecified atom stereocenters. The summed E-state index contributed by atoms with van der Waals surface area (Å²) in [4.78, 5) is 46.0. The highest BCUT2D eigenvalue weighted by Crippen LogP contribution is 2.28. The van der Waals surface area contributed by atoms with Crippen molar-refractivity contribution in [3.63, 3.8) is 0 Å². The number of nitro groups is 1. The quantitative estimate of drug-likeness (QED) is 0.293. The van der Waals surface area contributed by atoms with Gasteiger partial charge in [-0.05, 0) is 17.7 Å². The van der Waals surface area contributed by atoms with Crippen molar-refractivity contribution in [2.75, 3.05) is 19.0 Å². The van der Waals surface area contributed by atoms with Crippen molar-refractivity contribution in [2.24, 2.45) is 0 Å². The van der Waals surface area contributed by atoms with Crippen LogP contribution in [0, 0.1) is 10.1 Å². The molecule has 2 N–H and O–H groups in total. The number of esters is 1. The fourth-order valence-corrected chi connectivity index (χ4v) is 2.34. The van der Waals surface area contributed by atoms with E-state index >= 15 is 0 Å². The van der Waals surface area contributed by atoms with Gasteiger partial charge in [-0.2, -0.15) is 0 Å². The van der Waals surface area contributed by atoms with Crippen molar-refractivity contribution in [3.8, 4) is 5.75 Å². The Morgan fingerprint density at radius 2 is 1.83 bits per heavy atom. The molecule has 0 aliphatic carbocycles. The molecular formula is C20H19N3O7. The van der Waals surface area contributed by atoms with Crippen molar-refractivity contribution in [1.82, 2.24) is 5.32 Å². The summed E-state index contributed by atoms with van der Waals surface area (Å²) >= 11 is 0. The smallest absolute Gasteiger partial charge is 0.355 e. The molecule has 2 aromatic carbocycles. The first-order valence-corrected chi connectivity index (χ1v) is 8.64. The topological polar surface area (TPSA) is 137 Å². The highest BCUT2D eigenvalue weighted by atomic mass is 16.6. The Hall–Kier alpha value is -4.21. The van der Waals surface area contributed by atoms with Crippen molar-refractivity contribution in [1.29, 1.82) is 0 Å². The van der Waals surface area contributed by atoms with Crippen LogP contribution >= 0.6 is 0 Å². The number of nitrogens with one attached hydrogen (secondary N) is 2. The van der Waals surface area contributed by atoms with Gasteiger partial charge in [-0.3, -0.25) is 19.7 Å². The fourth-order valence-electron chi connectivity index (χ4n) is 2.34. The number of benzene rings is 2. The number of amides is 2. The lowest BCUT2D eigenvalue weighted by Crippen LogP contribution is -2.29. The molecular weight excluding hydrogens is 394 g/mol. The Kier molecular flexibility index (Phi) is 7.63. The molecule has 0 heterocycles. The molecule has 10 heteroatoms. The average molecular weight is 413 g/mol. The van der Waals surface area contributed by atoms with Gasteiger partial charge in [0.1, 0.15) is 11.4 Å². The number of hydrogen-bond donors (Lipinski definition) is 2. The Morgan fingerprint density at radius 3 is 2.43 bits per heavy atom. The highest BCUT2D eigenvalue weighted by Gasteiger charge is 2.17. The van der Waals surface area contributed by atoms with E-state index in [4.69, 9.17) is 9.47 Å². The zero-order chi connectivity index (χ0) is 22.1. The van der Waals surface area contributed by atoms with E-state index in [1.165, 1.54) is 32.2 Å². The number of hydrogen-bond acceptors (Lipinski definition) is 7. The minimum atomic E-state index is -0.903. The maximum atomic E-state index is 12.3. The number of carbonyl (C=O) groups excluding carboxylic acids is 3. The van der Waals surface area contributed by atoms with Crippen LogP contribution in [-0.4, -0.2) is 36.4 Å². The monoisotopic (exact) mass is 413 g/mol. The Bertz CT molecular complexity index is 987. The summed E-state index contributed by atoms with van der Waals surface area (Å²) in [6.07, 6.45) is 1.42. The number of carbonyl (C=O) groups is 3. The summed E-state index contributed by atoms with van der Waals surface area (Å²) in [6, 6.07) is 12.4. The van der Waals surface area contributed by atoms with Gasteiger partial charge in [0.2, 0.25) is 5.91 Å². The van der Waals surface area contributed by atoms with Crippen LogP contribution in [0.15, 0.2) is 54.2 Å². The number of anilines is 1. The van der Waals surface area contributed by atoms with Gasteiger partial charge >= 0.3 is 5.97 Å². The highest BCUT2D eigenvalue weighted by molar-refractivity contribution is 6.00. The maximum Gasteiger partial charge on any atom is 0.355 e. The van der Waals surface area contributed by atoms with E-state index in [1.54, 1.807) is 30.3 Å². The van der Waals surface area contributed by atoms with Crippen LogP contribution in [0.4, 0.5) is 11.4 Å². The summed E-state index contributed by atoms with van der Waals surface area (Å²) in [7, 11) is 1.29. The molecule has 156 valence electrons. The molecule has 0 saturated carbocycles. The number of nitro benzene ring substituents is 1. The fraction of sp³-hybridized carbons (Fsp3) is 0.150. The number of rotatable bonds is 8. The van der Waals surface area contributed by atoms with Gasteiger partial charge in [0.25, 0.3) is 11.6 Å². The molecule has 10 nitrogen and oxygen atoms in total. The molecule has 0 aliphatic heterocycles. The predicted molar refractivity (Wildman–Crippen MR) is 107 cm³/mol. The first-order valence-electron chi connectivity index (χ1n) is 8.64. The minimum absolute atomic E-state index is 0.0757. The standard InChI is InChI=1S/C20H19N3O7/c1-13(24)21-17(10-14-6-4-3-5-7-14)20(26)30-12-19(25)22-16-9-8-15(23(27)28)11-18(16)29-2/h3-11H,12H2,1-2H3,(H,21,24)(H,22,25). The summed E-state index contributed by atoms with van der Waals surface area (Å²) in [5.41, 5.74) is 0.487. The van der Waals surface area contributed by atoms with Gasteiger partial charge in [-0.25, -0.2) is 4.79 Å².